The normalized spacial score (nSPS) is 16.3. The Balaban J connectivity index is 1.65. The Morgan fingerprint density at radius 2 is 1.74 bits per heavy atom. The number of halogens is 1. The first kappa shape index (κ1) is 25.5. The zero-order valence-electron chi connectivity index (χ0n) is 18.5. The molecule has 0 spiro atoms. The molecule has 2 unspecified atom stereocenters. The molecule has 2 atom stereocenters. The van der Waals surface area contributed by atoms with Crippen LogP contribution in [0.15, 0.2) is 48.5 Å². The molecular weight excluding hydrogens is 482 g/mol. The second-order valence-electron chi connectivity index (χ2n) is 7.79. The number of nitrogens with zero attached hydrogens (tertiary/aromatic N) is 1. The van der Waals surface area contributed by atoms with Crippen LogP contribution in [0, 0.1) is 4.78 Å². The lowest BCUT2D eigenvalue weighted by atomic mass is 10.2. The van der Waals surface area contributed by atoms with Gasteiger partial charge < -0.3 is 25.6 Å². The number of amides is 4. The molecule has 1 saturated heterocycles. The molecule has 4 amide bonds. The fourth-order valence-electron chi connectivity index (χ4n) is 3.22. The maximum Gasteiger partial charge on any atom is 0.319 e. The van der Waals surface area contributed by atoms with Crippen molar-refractivity contribution in [3.63, 3.8) is 0 Å². The van der Waals surface area contributed by atoms with Crippen LogP contribution >= 0.6 is 11.6 Å². The van der Waals surface area contributed by atoms with E-state index >= 15 is 0 Å². The van der Waals surface area contributed by atoms with Crippen molar-refractivity contribution in [3.8, 4) is 0 Å². The minimum absolute atomic E-state index is 0.0130. The molecule has 1 aliphatic heterocycles. The van der Waals surface area contributed by atoms with E-state index in [1.807, 2.05) is 0 Å². The van der Waals surface area contributed by atoms with Crippen LogP contribution in [0.4, 0.5) is 21.9 Å². The van der Waals surface area contributed by atoms with Gasteiger partial charge in [0.25, 0.3) is 5.91 Å². The molecule has 1 heterocycles. The molecule has 10 nitrogen and oxygen atoms in total. The third-order valence-electron chi connectivity index (χ3n) is 4.95. The predicted octanol–water partition coefficient (Wildman–Crippen LogP) is 2.90. The van der Waals surface area contributed by atoms with E-state index in [0.29, 0.717) is 35.2 Å². The van der Waals surface area contributed by atoms with E-state index in [9.17, 15) is 18.6 Å². The van der Waals surface area contributed by atoms with Crippen LogP contribution in [-0.4, -0.2) is 59.9 Å². The van der Waals surface area contributed by atoms with Crippen molar-refractivity contribution < 1.29 is 23.3 Å². The minimum Gasteiger partial charge on any atom is -0.370 e. The van der Waals surface area contributed by atoms with E-state index in [0.717, 1.165) is 0 Å². The van der Waals surface area contributed by atoms with Crippen molar-refractivity contribution in [1.82, 2.24) is 5.32 Å². The van der Waals surface area contributed by atoms with Gasteiger partial charge in [-0.15, -0.1) is 0 Å². The Hall–Kier alpha value is -3.15. The summed E-state index contributed by atoms with van der Waals surface area (Å²) in [6.07, 6.45) is 1.29. The first-order valence-electron chi connectivity index (χ1n) is 10.4. The summed E-state index contributed by atoms with van der Waals surface area (Å²) in [6.45, 7) is 0.926. The maximum absolute atomic E-state index is 12.9. The van der Waals surface area contributed by atoms with Gasteiger partial charge in [-0.05, 0) is 55.0 Å². The molecule has 2 aromatic carbocycles. The number of morpholine rings is 1. The molecule has 0 aliphatic carbocycles. The number of hydrogen-bond acceptors (Lipinski definition) is 6. The van der Waals surface area contributed by atoms with Crippen LogP contribution in [0.3, 0.4) is 0 Å². The van der Waals surface area contributed by atoms with Gasteiger partial charge in [0.05, 0.1) is 6.61 Å². The molecule has 0 saturated carbocycles. The summed E-state index contributed by atoms with van der Waals surface area (Å²) in [5.41, 5.74) is 1.62. The standard InChI is InChI=1S/C22H26ClN5O5S/c1-34(24,32)13-10-19(27-22(31)26-17-4-2-15(23)3-5-17)21(30)25-16-6-8-18(9-7-16)28-11-12-33-14-20(28)29/h2-9,19,24H,10-14H2,1H3,(H,25,30)(H2,26,27,31). The first-order valence-corrected chi connectivity index (χ1v) is 13.0. The molecule has 3 rings (SSSR count). The molecule has 0 bridgehead atoms. The molecule has 0 radical (unpaired) electrons. The number of anilines is 3. The van der Waals surface area contributed by atoms with Crippen LogP contribution < -0.4 is 20.9 Å². The molecule has 1 aliphatic rings. The van der Waals surface area contributed by atoms with Crippen LogP contribution in [0.25, 0.3) is 0 Å². The van der Waals surface area contributed by atoms with Crippen molar-refractivity contribution in [2.24, 2.45) is 0 Å². The fourth-order valence-corrected chi connectivity index (χ4v) is 4.03. The van der Waals surface area contributed by atoms with E-state index < -0.39 is 27.7 Å². The summed E-state index contributed by atoms with van der Waals surface area (Å²) in [5.74, 6) is -0.729. The topological polar surface area (TPSA) is 141 Å². The van der Waals surface area contributed by atoms with Crippen molar-refractivity contribution in [2.45, 2.75) is 12.5 Å². The quantitative estimate of drug-likeness (QED) is 0.435. The van der Waals surface area contributed by atoms with Gasteiger partial charge in [-0.25, -0.2) is 4.79 Å². The number of carbonyl (C=O) groups is 3. The smallest absolute Gasteiger partial charge is 0.319 e. The summed E-state index contributed by atoms with van der Waals surface area (Å²) in [4.78, 5) is 38.9. The number of rotatable bonds is 8. The highest BCUT2D eigenvalue weighted by molar-refractivity contribution is 7.91. The second kappa shape index (κ2) is 11.3. The molecule has 0 aromatic heterocycles. The van der Waals surface area contributed by atoms with Gasteiger partial charge in [-0.1, -0.05) is 11.6 Å². The van der Waals surface area contributed by atoms with Gasteiger partial charge in [0.2, 0.25) is 5.91 Å². The lowest BCUT2D eigenvalue weighted by Crippen LogP contribution is -2.46. The molecule has 12 heteroatoms. The van der Waals surface area contributed by atoms with Crippen LogP contribution in [0.2, 0.25) is 5.02 Å². The minimum atomic E-state index is -2.86. The SMILES string of the molecule is CS(=N)(=O)CCC(NC(=O)Nc1ccc(Cl)cc1)C(=O)Nc1ccc(N2CCOCC2=O)cc1. The summed E-state index contributed by atoms with van der Waals surface area (Å²) in [7, 11) is -2.86. The highest BCUT2D eigenvalue weighted by Gasteiger charge is 2.23. The third-order valence-corrected chi connectivity index (χ3v) is 6.22. The monoisotopic (exact) mass is 507 g/mol. The highest BCUT2D eigenvalue weighted by Crippen LogP contribution is 2.20. The summed E-state index contributed by atoms with van der Waals surface area (Å²) < 4.78 is 24.6. The second-order valence-corrected chi connectivity index (χ2v) is 10.6. The van der Waals surface area contributed by atoms with Gasteiger partial charge >= 0.3 is 6.03 Å². The van der Waals surface area contributed by atoms with Crippen molar-refractivity contribution >= 4 is 56.2 Å². The van der Waals surface area contributed by atoms with Crippen molar-refractivity contribution in [1.29, 1.82) is 4.78 Å². The summed E-state index contributed by atoms with van der Waals surface area (Å²) in [6, 6.07) is 11.5. The Bertz CT molecular complexity index is 1140. The number of carbonyl (C=O) groups excluding carboxylic acids is 3. The maximum atomic E-state index is 12.9. The molecule has 2 aromatic rings. The average Bonchev–Trinajstić information content (AvgIpc) is 2.78. The van der Waals surface area contributed by atoms with Gasteiger partial charge in [-0.3, -0.25) is 18.6 Å². The summed E-state index contributed by atoms with van der Waals surface area (Å²) >= 11 is 5.84. The fraction of sp³-hybridized carbons (Fsp3) is 0.318. The lowest BCUT2D eigenvalue weighted by molar-refractivity contribution is -0.125. The van der Waals surface area contributed by atoms with Crippen LogP contribution in [0.1, 0.15) is 6.42 Å². The third kappa shape index (κ3) is 7.72. The number of hydrogen-bond donors (Lipinski definition) is 4. The molecule has 34 heavy (non-hydrogen) atoms. The zero-order chi connectivity index (χ0) is 24.7. The average molecular weight is 508 g/mol. The number of nitrogens with one attached hydrogen (secondary N) is 4. The van der Waals surface area contributed by atoms with E-state index in [2.05, 4.69) is 16.0 Å². The largest absolute Gasteiger partial charge is 0.370 e. The van der Waals surface area contributed by atoms with Crippen molar-refractivity contribution in [3.05, 3.63) is 53.6 Å². The van der Waals surface area contributed by atoms with Crippen LogP contribution in [0.5, 0.6) is 0 Å². The predicted molar refractivity (Wildman–Crippen MR) is 132 cm³/mol. The number of benzene rings is 2. The first-order chi connectivity index (χ1) is 16.1. The lowest BCUT2D eigenvalue weighted by Gasteiger charge is -2.27. The van der Waals surface area contributed by atoms with Gasteiger partial charge in [0, 0.05) is 50.4 Å². The van der Waals surface area contributed by atoms with Crippen molar-refractivity contribution in [2.75, 3.05) is 47.3 Å². The zero-order valence-corrected chi connectivity index (χ0v) is 20.1. The van der Waals surface area contributed by atoms with E-state index in [1.54, 1.807) is 53.4 Å². The number of ether oxygens (including phenoxy) is 1. The summed E-state index contributed by atoms with van der Waals surface area (Å²) in [5, 5.41) is 8.41. The number of urea groups is 1. The molecule has 182 valence electrons. The van der Waals surface area contributed by atoms with Gasteiger partial charge in [0.1, 0.15) is 12.6 Å². The van der Waals surface area contributed by atoms with E-state index in [1.165, 1.54) is 6.26 Å². The Labute approximate surface area is 203 Å². The molecular formula is C22H26ClN5O5S. The van der Waals surface area contributed by atoms with Gasteiger partial charge in [-0.2, -0.15) is 0 Å². The Morgan fingerprint density at radius 1 is 1.12 bits per heavy atom. The Kier molecular flexibility index (Phi) is 8.48. The highest BCUT2D eigenvalue weighted by atomic mass is 35.5. The van der Waals surface area contributed by atoms with Gasteiger partial charge in [0.15, 0.2) is 0 Å². The Morgan fingerprint density at radius 3 is 2.35 bits per heavy atom. The van der Waals surface area contributed by atoms with E-state index in [-0.39, 0.29) is 24.7 Å². The van der Waals surface area contributed by atoms with E-state index in [4.69, 9.17) is 21.1 Å². The molecule has 1 fully saturated rings. The van der Waals surface area contributed by atoms with Crippen LogP contribution in [-0.2, 0) is 24.1 Å². The molecule has 4 N–H and O–H groups in total.